The molecule has 0 aromatic heterocycles. The van der Waals surface area contributed by atoms with Crippen molar-refractivity contribution < 1.29 is 9.59 Å². The molecule has 1 N–H and O–H groups in total. The van der Waals surface area contributed by atoms with Crippen LogP contribution in [0.1, 0.15) is 56.6 Å². The second-order valence-corrected chi connectivity index (χ2v) is 8.23. The van der Waals surface area contributed by atoms with Crippen LogP contribution in [0.3, 0.4) is 0 Å². The van der Waals surface area contributed by atoms with E-state index in [0.717, 1.165) is 12.8 Å². The highest BCUT2D eigenvalue weighted by Gasteiger charge is 2.32. The molecule has 1 saturated carbocycles. The Balaban J connectivity index is 1.62. The van der Waals surface area contributed by atoms with Crippen molar-refractivity contribution >= 4 is 11.9 Å². The minimum atomic E-state index is 0.00557. The van der Waals surface area contributed by atoms with E-state index in [1.807, 2.05) is 11.0 Å². The van der Waals surface area contributed by atoms with Crippen LogP contribution in [0.4, 0.5) is 4.79 Å². The molecule has 1 heterocycles. The van der Waals surface area contributed by atoms with Gasteiger partial charge in [-0.1, -0.05) is 49.6 Å². The summed E-state index contributed by atoms with van der Waals surface area (Å²) in [7, 11) is 3.55. The molecule has 1 aromatic rings. The van der Waals surface area contributed by atoms with E-state index in [1.54, 1.807) is 19.0 Å². The predicted molar refractivity (Wildman–Crippen MR) is 107 cm³/mol. The third kappa shape index (κ3) is 5.02. The van der Waals surface area contributed by atoms with E-state index in [2.05, 4.69) is 29.6 Å². The number of benzene rings is 1. The van der Waals surface area contributed by atoms with Crippen LogP contribution in [0.25, 0.3) is 0 Å². The zero-order valence-electron chi connectivity index (χ0n) is 16.7. The largest absolute Gasteiger partial charge is 0.349 e. The Hall–Kier alpha value is -2.04. The van der Waals surface area contributed by atoms with Crippen LogP contribution in [0.5, 0.6) is 0 Å². The molecular weight excluding hydrogens is 338 g/mol. The molecule has 0 unspecified atom stereocenters. The summed E-state index contributed by atoms with van der Waals surface area (Å²) in [6, 6.07) is 10.6. The highest BCUT2D eigenvalue weighted by molar-refractivity contribution is 5.80. The van der Waals surface area contributed by atoms with Gasteiger partial charge in [0.1, 0.15) is 0 Å². The monoisotopic (exact) mass is 371 g/mol. The van der Waals surface area contributed by atoms with E-state index < -0.39 is 0 Å². The summed E-state index contributed by atoms with van der Waals surface area (Å²) >= 11 is 0. The smallest absolute Gasteiger partial charge is 0.319 e. The second-order valence-electron chi connectivity index (χ2n) is 8.23. The Morgan fingerprint density at radius 3 is 2.22 bits per heavy atom. The van der Waals surface area contributed by atoms with Gasteiger partial charge in [0.2, 0.25) is 5.91 Å². The molecule has 0 radical (unpaired) electrons. The fraction of sp³-hybridized carbons (Fsp3) is 0.636. The summed E-state index contributed by atoms with van der Waals surface area (Å²) in [6.45, 7) is 1.32. The number of hydrogen-bond acceptors (Lipinski definition) is 2. The molecule has 0 spiro atoms. The van der Waals surface area contributed by atoms with Crippen LogP contribution in [0.15, 0.2) is 30.3 Å². The summed E-state index contributed by atoms with van der Waals surface area (Å²) in [5.41, 5.74) is 1.22. The lowest BCUT2D eigenvalue weighted by Crippen LogP contribution is -2.47. The average molecular weight is 372 g/mol. The van der Waals surface area contributed by atoms with E-state index in [4.69, 9.17) is 0 Å². The van der Waals surface area contributed by atoms with E-state index in [1.165, 1.54) is 37.7 Å². The first kappa shape index (κ1) is 19.7. The maximum atomic E-state index is 13.0. The normalized spacial score (nSPS) is 20.1. The van der Waals surface area contributed by atoms with Crippen molar-refractivity contribution in [2.45, 2.75) is 51.0 Å². The van der Waals surface area contributed by atoms with Crippen molar-refractivity contribution in [3.63, 3.8) is 0 Å². The van der Waals surface area contributed by atoms with Gasteiger partial charge >= 0.3 is 6.03 Å². The predicted octanol–water partition coefficient (Wildman–Crippen LogP) is 3.82. The van der Waals surface area contributed by atoms with Gasteiger partial charge in [-0.15, -0.1) is 0 Å². The van der Waals surface area contributed by atoms with Crippen molar-refractivity contribution in [3.05, 3.63) is 35.9 Å². The van der Waals surface area contributed by atoms with Crippen LogP contribution in [-0.4, -0.2) is 48.9 Å². The first-order valence-corrected chi connectivity index (χ1v) is 10.4. The van der Waals surface area contributed by atoms with Gasteiger partial charge < -0.3 is 15.1 Å². The maximum Gasteiger partial charge on any atom is 0.319 e. The average Bonchev–Trinajstić information content (AvgIpc) is 2.72. The fourth-order valence-electron chi connectivity index (χ4n) is 4.49. The summed E-state index contributed by atoms with van der Waals surface area (Å²) in [5.74, 6) is 0.693. The van der Waals surface area contributed by atoms with Crippen molar-refractivity contribution in [1.29, 1.82) is 0 Å². The minimum absolute atomic E-state index is 0.00557. The quantitative estimate of drug-likeness (QED) is 0.875. The molecule has 1 aromatic carbocycles. The summed E-state index contributed by atoms with van der Waals surface area (Å²) in [5, 5.41) is 3.39. The number of likely N-dealkylation sites (tertiary alicyclic amines) is 1. The molecule has 1 aliphatic heterocycles. The highest BCUT2D eigenvalue weighted by atomic mass is 16.2. The number of rotatable bonds is 4. The van der Waals surface area contributed by atoms with E-state index >= 15 is 0 Å². The van der Waals surface area contributed by atoms with Crippen LogP contribution < -0.4 is 5.32 Å². The van der Waals surface area contributed by atoms with E-state index in [9.17, 15) is 9.59 Å². The topological polar surface area (TPSA) is 52.7 Å². The van der Waals surface area contributed by atoms with E-state index in [-0.39, 0.29) is 23.9 Å². The number of carbonyl (C=O) groups excluding carboxylic acids is 2. The number of urea groups is 1. The van der Waals surface area contributed by atoms with Crippen LogP contribution >= 0.6 is 0 Å². The molecule has 2 aliphatic rings. The molecule has 1 atom stereocenters. The van der Waals surface area contributed by atoms with Gasteiger partial charge in [0.05, 0.1) is 6.04 Å². The highest BCUT2D eigenvalue weighted by Crippen LogP contribution is 2.35. The standard InChI is InChI=1S/C22H33N3O2/c1-24(2)22(27)25-15-13-19(14-16-25)21(26)23-20(17-9-5-3-6-10-17)18-11-7-4-8-12-18/h3,5-6,9-10,18-20H,4,7-8,11-16H2,1-2H3,(H,23,26)/t20-/m1/s1. The van der Waals surface area contributed by atoms with Crippen LogP contribution in [0.2, 0.25) is 0 Å². The number of nitrogens with zero attached hydrogens (tertiary/aromatic N) is 2. The van der Waals surface area contributed by atoms with Gasteiger partial charge in [-0.25, -0.2) is 4.79 Å². The fourth-order valence-corrected chi connectivity index (χ4v) is 4.49. The lowest BCUT2D eigenvalue weighted by Gasteiger charge is -2.35. The van der Waals surface area contributed by atoms with Crippen LogP contribution in [-0.2, 0) is 4.79 Å². The summed E-state index contributed by atoms with van der Waals surface area (Å²) in [6.07, 6.45) is 7.70. The number of amides is 3. The second kappa shape index (κ2) is 9.25. The SMILES string of the molecule is CN(C)C(=O)N1CCC(C(=O)N[C@H](c2ccccc2)C2CCCCC2)CC1. The van der Waals surface area contributed by atoms with Gasteiger partial charge in [0, 0.05) is 33.1 Å². The summed E-state index contributed by atoms with van der Waals surface area (Å²) < 4.78 is 0. The first-order chi connectivity index (χ1) is 13.1. The minimum Gasteiger partial charge on any atom is -0.349 e. The zero-order chi connectivity index (χ0) is 19.2. The van der Waals surface area contributed by atoms with Gasteiger partial charge in [0.25, 0.3) is 0 Å². The number of carbonyl (C=O) groups is 2. The Bertz CT molecular complexity index is 618. The molecule has 2 fully saturated rings. The molecule has 27 heavy (non-hydrogen) atoms. The van der Waals surface area contributed by atoms with Gasteiger partial charge in [-0.2, -0.15) is 0 Å². The molecular formula is C22H33N3O2. The zero-order valence-corrected chi connectivity index (χ0v) is 16.7. The van der Waals surface area contributed by atoms with Gasteiger partial charge in [0.15, 0.2) is 0 Å². The van der Waals surface area contributed by atoms with E-state index in [0.29, 0.717) is 19.0 Å². The molecule has 0 bridgehead atoms. The molecule has 3 rings (SSSR count). The Morgan fingerprint density at radius 2 is 1.63 bits per heavy atom. The van der Waals surface area contributed by atoms with Crippen molar-refractivity contribution in [2.24, 2.45) is 11.8 Å². The number of piperidine rings is 1. The maximum absolute atomic E-state index is 13.0. The number of nitrogens with one attached hydrogen (secondary N) is 1. The number of hydrogen-bond donors (Lipinski definition) is 1. The third-order valence-corrected chi connectivity index (χ3v) is 6.10. The first-order valence-electron chi connectivity index (χ1n) is 10.4. The Kier molecular flexibility index (Phi) is 6.75. The lowest BCUT2D eigenvalue weighted by atomic mass is 9.80. The van der Waals surface area contributed by atoms with Crippen LogP contribution in [0, 0.1) is 11.8 Å². The molecule has 5 nitrogen and oxygen atoms in total. The molecule has 1 saturated heterocycles. The Morgan fingerprint density at radius 1 is 1.00 bits per heavy atom. The lowest BCUT2D eigenvalue weighted by molar-refractivity contribution is -0.127. The molecule has 5 heteroatoms. The summed E-state index contributed by atoms with van der Waals surface area (Å²) in [4.78, 5) is 28.6. The van der Waals surface area contributed by atoms with Crippen molar-refractivity contribution in [3.8, 4) is 0 Å². The molecule has 1 aliphatic carbocycles. The van der Waals surface area contributed by atoms with Crippen molar-refractivity contribution in [2.75, 3.05) is 27.2 Å². The molecule has 3 amide bonds. The van der Waals surface area contributed by atoms with Gasteiger partial charge in [-0.05, 0) is 37.2 Å². The molecule has 148 valence electrons. The third-order valence-electron chi connectivity index (χ3n) is 6.10. The Labute approximate surface area is 163 Å². The van der Waals surface area contributed by atoms with Crippen molar-refractivity contribution in [1.82, 2.24) is 15.1 Å². The van der Waals surface area contributed by atoms with Gasteiger partial charge in [-0.3, -0.25) is 4.79 Å².